The Morgan fingerprint density at radius 2 is 1.95 bits per heavy atom. The van der Waals surface area contributed by atoms with Crippen molar-refractivity contribution in [1.29, 1.82) is 0 Å². The molecular formula is C15H23N3O2. The van der Waals surface area contributed by atoms with Gasteiger partial charge in [0.2, 0.25) is 0 Å². The summed E-state index contributed by atoms with van der Waals surface area (Å²) in [5.74, 6) is -0.158. The Morgan fingerprint density at radius 1 is 1.35 bits per heavy atom. The first-order valence-electron chi connectivity index (χ1n) is 7.04. The number of nitrogens with zero attached hydrogens (tertiary/aromatic N) is 2. The van der Waals surface area contributed by atoms with Gasteiger partial charge >= 0.3 is 5.97 Å². The number of hydrogen-bond acceptors (Lipinski definition) is 4. The zero-order valence-electron chi connectivity index (χ0n) is 12.4. The summed E-state index contributed by atoms with van der Waals surface area (Å²) in [5.41, 5.74) is 6.85. The molecule has 0 aliphatic carbocycles. The molecule has 5 nitrogen and oxygen atoms in total. The van der Waals surface area contributed by atoms with Crippen molar-refractivity contribution < 1.29 is 9.90 Å². The second-order valence-corrected chi connectivity index (χ2v) is 6.48. The zero-order chi connectivity index (χ0) is 14.9. The molecule has 0 bridgehead atoms. The summed E-state index contributed by atoms with van der Waals surface area (Å²) in [6.45, 7) is 7.78. The van der Waals surface area contributed by atoms with Crippen molar-refractivity contribution in [2.24, 2.45) is 5.73 Å². The van der Waals surface area contributed by atoms with E-state index in [0.29, 0.717) is 5.56 Å². The molecule has 0 atom stereocenters. The van der Waals surface area contributed by atoms with Crippen molar-refractivity contribution in [2.45, 2.75) is 45.1 Å². The lowest BCUT2D eigenvalue weighted by molar-refractivity contribution is 0.0696. The molecule has 1 aromatic heterocycles. The fourth-order valence-electron chi connectivity index (χ4n) is 2.31. The average molecular weight is 277 g/mol. The molecular weight excluding hydrogens is 254 g/mol. The molecule has 0 spiro atoms. The Morgan fingerprint density at radius 3 is 2.45 bits per heavy atom. The van der Waals surface area contributed by atoms with Gasteiger partial charge in [-0.05, 0) is 25.0 Å². The second kappa shape index (κ2) is 5.40. The van der Waals surface area contributed by atoms with Crippen molar-refractivity contribution in [3.8, 4) is 0 Å². The molecule has 20 heavy (non-hydrogen) atoms. The zero-order valence-corrected chi connectivity index (χ0v) is 12.4. The van der Waals surface area contributed by atoms with E-state index >= 15 is 0 Å². The predicted molar refractivity (Wildman–Crippen MR) is 79.3 cm³/mol. The third-order valence-electron chi connectivity index (χ3n) is 3.69. The summed E-state index contributed by atoms with van der Waals surface area (Å²) in [7, 11) is 0. The topological polar surface area (TPSA) is 79.5 Å². The predicted octanol–water partition coefficient (Wildman–Crippen LogP) is 2.00. The molecule has 0 saturated carbocycles. The lowest BCUT2D eigenvalue weighted by atomic mass is 9.90. The minimum absolute atomic E-state index is 0.174. The molecule has 2 heterocycles. The Labute approximate surface area is 119 Å². The Kier molecular flexibility index (Phi) is 3.99. The highest BCUT2D eigenvalue weighted by Crippen LogP contribution is 2.26. The van der Waals surface area contributed by atoms with Gasteiger partial charge in [-0.2, -0.15) is 0 Å². The minimum atomic E-state index is -0.909. The van der Waals surface area contributed by atoms with E-state index in [-0.39, 0.29) is 11.5 Å². The Balaban J connectivity index is 2.37. The molecule has 2 rings (SSSR count). The third kappa shape index (κ3) is 3.28. The number of carbonyl (C=O) groups is 1. The summed E-state index contributed by atoms with van der Waals surface area (Å²) >= 11 is 0. The van der Waals surface area contributed by atoms with Gasteiger partial charge in [0.05, 0.1) is 5.56 Å². The highest BCUT2D eigenvalue weighted by atomic mass is 16.4. The van der Waals surface area contributed by atoms with Crippen molar-refractivity contribution >= 4 is 11.8 Å². The lowest BCUT2D eigenvalue weighted by Gasteiger charge is -2.32. The highest BCUT2D eigenvalue weighted by molar-refractivity contribution is 5.88. The number of carboxylic acid groups (broad SMARTS) is 1. The van der Waals surface area contributed by atoms with Gasteiger partial charge in [-0.3, -0.25) is 0 Å². The van der Waals surface area contributed by atoms with Crippen LogP contribution in [0.4, 0.5) is 5.82 Å². The van der Waals surface area contributed by atoms with E-state index in [1.807, 2.05) is 20.8 Å². The smallest absolute Gasteiger partial charge is 0.335 e. The molecule has 3 N–H and O–H groups in total. The van der Waals surface area contributed by atoms with Crippen molar-refractivity contribution in [3.63, 3.8) is 0 Å². The van der Waals surface area contributed by atoms with Crippen LogP contribution < -0.4 is 10.6 Å². The van der Waals surface area contributed by atoms with Gasteiger partial charge in [0.15, 0.2) is 0 Å². The number of aromatic carboxylic acids is 1. The van der Waals surface area contributed by atoms with Crippen LogP contribution in [0.15, 0.2) is 12.1 Å². The van der Waals surface area contributed by atoms with Crippen LogP contribution in [-0.2, 0) is 5.41 Å². The monoisotopic (exact) mass is 277 g/mol. The first kappa shape index (κ1) is 14.8. The van der Waals surface area contributed by atoms with Crippen LogP contribution >= 0.6 is 0 Å². The van der Waals surface area contributed by atoms with Gasteiger partial charge in [0, 0.05) is 30.2 Å². The maximum Gasteiger partial charge on any atom is 0.335 e. The molecule has 0 radical (unpaired) electrons. The van der Waals surface area contributed by atoms with E-state index in [1.165, 1.54) is 0 Å². The standard InChI is InChI=1S/C15H23N3O2/c1-15(2,3)12-8-10(14(19)20)9-13(17-12)18-6-4-11(16)5-7-18/h8-9,11H,4-7,16H2,1-3H3,(H,19,20). The highest BCUT2D eigenvalue weighted by Gasteiger charge is 2.23. The molecule has 1 saturated heterocycles. The van der Waals surface area contributed by atoms with Gasteiger partial charge < -0.3 is 15.7 Å². The molecule has 1 aliphatic rings. The van der Waals surface area contributed by atoms with Crippen molar-refractivity contribution in [3.05, 3.63) is 23.4 Å². The van der Waals surface area contributed by atoms with Crippen molar-refractivity contribution in [2.75, 3.05) is 18.0 Å². The summed E-state index contributed by atoms with van der Waals surface area (Å²) in [4.78, 5) is 18.1. The van der Waals surface area contributed by atoms with Gasteiger partial charge in [-0.25, -0.2) is 9.78 Å². The summed E-state index contributed by atoms with van der Waals surface area (Å²) in [6.07, 6.45) is 1.84. The van der Waals surface area contributed by atoms with Crippen LogP contribution in [0, 0.1) is 0 Å². The molecule has 0 aromatic carbocycles. The number of rotatable bonds is 2. The van der Waals surface area contributed by atoms with E-state index in [0.717, 1.165) is 37.4 Å². The number of aromatic nitrogens is 1. The van der Waals surface area contributed by atoms with E-state index < -0.39 is 5.97 Å². The molecule has 1 aromatic rings. The van der Waals surface area contributed by atoms with Crippen LogP contribution in [0.3, 0.4) is 0 Å². The molecule has 1 aliphatic heterocycles. The van der Waals surface area contributed by atoms with Crippen molar-refractivity contribution in [1.82, 2.24) is 4.98 Å². The summed E-state index contributed by atoms with van der Waals surface area (Å²) in [6, 6.07) is 3.58. The second-order valence-electron chi connectivity index (χ2n) is 6.48. The van der Waals surface area contributed by atoms with Crippen LogP contribution in [0.5, 0.6) is 0 Å². The lowest BCUT2D eigenvalue weighted by Crippen LogP contribution is -2.40. The Bertz CT molecular complexity index is 500. The molecule has 1 fully saturated rings. The minimum Gasteiger partial charge on any atom is -0.478 e. The van der Waals surface area contributed by atoms with Crippen LogP contribution in [0.1, 0.15) is 49.7 Å². The summed E-state index contributed by atoms with van der Waals surface area (Å²) in [5, 5.41) is 9.27. The normalized spacial score (nSPS) is 17.3. The van der Waals surface area contributed by atoms with E-state index in [2.05, 4.69) is 9.88 Å². The first-order valence-corrected chi connectivity index (χ1v) is 7.04. The van der Waals surface area contributed by atoms with E-state index in [4.69, 9.17) is 5.73 Å². The molecule has 0 unspecified atom stereocenters. The average Bonchev–Trinajstić information content (AvgIpc) is 2.38. The Hall–Kier alpha value is -1.62. The van der Waals surface area contributed by atoms with Gasteiger partial charge in [-0.15, -0.1) is 0 Å². The van der Waals surface area contributed by atoms with Crippen LogP contribution in [-0.4, -0.2) is 35.2 Å². The van der Waals surface area contributed by atoms with Crippen LogP contribution in [0.25, 0.3) is 0 Å². The van der Waals surface area contributed by atoms with Crippen LogP contribution in [0.2, 0.25) is 0 Å². The quantitative estimate of drug-likeness (QED) is 0.864. The number of carboxylic acids is 1. The number of pyridine rings is 1. The van der Waals surface area contributed by atoms with E-state index in [9.17, 15) is 9.90 Å². The third-order valence-corrected chi connectivity index (χ3v) is 3.69. The maximum absolute atomic E-state index is 11.3. The summed E-state index contributed by atoms with van der Waals surface area (Å²) < 4.78 is 0. The first-order chi connectivity index (χ1) is 9.27. The largest absolute Gasteiger partial charge is 0.478 e. The number of hydrogen-bond donors (Lipinski definition) is 2. The fraction of sp³-hybridized carbons (Fsp3) is 0.600. The van der Waals surface area contributed by atoms with E-state index in [1.54, 1.807) is 12.1 Å². The molecule has 5 heteroatoms. The maximum atomic E-state index is 11.3. The number of nitrogens with two attached hydrogens (primary N) is 1. The SMILES string of the molecule is CC(C)(C)c1cc(C(=O)O)cc(N2CCC(N)CC2)n1. The number of anilines is 1. The van der Waals surface area contributed by atoms with Gasteiger partial charge in [-0.1, -0.05) is 20.8 Å². The molecule has 0 amide bonds. The fourth-order valence-corrected chi connectivity index (χ4v) is 2.31. The number of piperidine rings is 1. The molecule has 110 valence electrons. The van der Waals surface area contributed by atoms with Gasteiger partial charge in [0.25, 0.3) is 0 Å². The van der Waals surface area contributed by atoms with Gasteiger partial charge in [0.1, 0.15) is 5.82 Å².